The molecular weight excluding hydrogens is 815 g/mol. The second-order valence-electron chi connectivity index (χ2n) is 16.7. The van der Waals surface area contributed by atoms with Crippen molar-refractivity contribution in [1.82, 2.24) is 14.1 Å². The van der Waals surface area contributed by atoms with E-state index < -0.39 is 0 Å². The Morgan fingerprint density at radius 3 is 1.57 bits per heavy atom. The standard InChI is InChI=1S/C55H36N2O.C6H7N.C2H6/c1-4-13-36(14-5-1)38-23-27-52-47(32-38)48-34-39(24-29-53(48)56(52)42-16-6-2-7-17-42)37-15-12-18-43(31-37)57-50-21-11-10-19-44(50)46-33-40(25-28-51(46)57)41-26-30-55-49(35-41)45-20-8-3-9-22-54(45)58-55;1-6-4-2-3-5-7-6;1-2/h1-2,4-35H,3H2;2-5H,1H3;1-2H3. The number of rotatable bonds is 5. The zero-order chi connectivity index (χ0) is 45.3. The van der Waals surface area contributed by atoms with Crippen molar-refractivity contribution in [2.75, 3.05) is 0 Å². The van der Waals surface area contributed by atoms with Crippen molar-refractivity contribution < 1.29 is 4.42 Å². The Balaban J connectivity index is 0.000000500. The lowest BCUT2D eigenvalue weighted by atomic mass is 10.00. The summed E-state index contributed by atoms with van der Waals surface area (Å²) in [5, 5.41) is 6.10. The lowest BCUT2D eigenvalue weighted by molar-refractivity contribution is 0.603. The molecule has 1 aliphatic rings. The van der Waals surface area contributed by atoms with Crippen molar-refractivity contribution in [2.45, 2.75) is 27.2 Å². The molecular formula is C63H49N3O. The summed E-state index contributed by atoms with van der Waals surface area (Å²) < 4.78 is 11.0. The number of para-hydroxylation sites is 2. The molecule has 4 heterocycles. The molecule has 4 aromatic heterocycles. The average Bonchev–Trinajstić information content (AvgIpc) is 3.96. The van der Waals surface area contributed by atoms with Crippen LogP contribution in [0.5, 0.6) is 0 Å². The van der Waals surface area contributed by atoms with Gasteiger partial charge in [0.1, 0.15) is 11.3 Å². The monoisotopic (exact) mass is 863 g/mol. The summed E-state index contributed by atoms with van der Waals surface area (Å²) in [6.45, 7) is 5.97. The molecule has 0 radical (unpaired) electrons. The first kappa shape index (κ1) is 41.2. The molecule has 0 aliphatic heterocycles. The van der Waals surface area contributed by atoms with Gasteiger partial charge in [-0.15, -0.1) is 0 Å². The third-order valence-corrected chi connectivity index (χ3v) is 12.7. The summed E-state index contributed by atoms with van der Waals surface area (Å²) in [6.07, 6.45) is 11.3. The van der Waals surface area contributed by atoms with E-state index in [0.717, 1.165) is 45.8 Å². The van der Waals surface area contributed by atoms with Crippen LogP contribution in [0.2, 0.25) is 0 Å². The van der Waals surface area contributed by atoms with Gasteiger partial charge in [-0.2, -0.15) is 0 Å². The lowest BCUT2D eigenvalue weighted by Crippen LogP contribution is -1.94. The number of hydrogen-bond acceptors (Lipinski definition) is 2. The molecule has 0 fully saturated rings. The van der Waals surface area contributed by atoms with E-state index in [1.54, 1.807) is 6.20 Å². The highest BCUT2D eigenvalue weighted by molar-refractivity contribution is 6.13. The van der Waals surface area contributed by atoms with Crippen LogP contribution in [-0.4, -0.2) is 14.1 Å². The maximum absolute atomic E-state index is 6.22. The number of furan rings is 1. The number of allylic oxidation sites excluding steroid dienone is 2. The zero-order valence-corrected chi connectivity index (χ0v) is 37.9. The highest BCUT2D eigenvalue weighted by Crippen LogP contribution is 2.40. The van der Waals surface area contributed by atoms with Crippen molar-refractivity contribution in [3.8, 4) is 44.8 Å². The van der Waals surface area contributed by atoms with Gasteiger partial charge in [-0.25, -0.2) is 0 Å². The van der Waals surface area contributed by atoms with E-state index >= 15 is 0 Å². The third kappa shape index (κ3) is 7.62. The molecule has 0 saturated carbocycles. The van der Waals surface area contributed by atoms with Crippen molar-refractivity contribution in [1.29, 1.82) is 0 Å². The smallest absolute Gasteiger partial charge is 0.135 e. The minimum absolute atomic E-state index is 0.917. The van der Waals surface area contributed by atoms with E-state index in [0.29, 0.717) is 0 Å². The fourth-order valence-electron chi connectivity index (χ4n) is 9.62. The van der Waals surface area contributed by atoms with E-state index in [2.05, 4.69) is 220 Å². The molecule has 0 N–H and O–H groups in total. The van der Waals surface area contributed by atoms with Crippen LogP contribution in [0, 0.1) is 6.92 Å². The van der Waals surface area contributed by atoms with Crippen LogP contribution in [0.15, 0.2) is 223 Å². The molecule has 0 amide bonds. The number of nitrogens with zero attached hydrogens (tertiary/aromatic N) is 3. The van der Waals surface area contributed by atoms with Gasteiger partial charge in [0, 0.05) is 55.8 Å². The topological polar surface area (TPSA) is 35.9 Å². The van der Waals surface area contributed by atoms with Gasteiger partial charge >= 0.3 is 0 Å². The van der Waals surface area contributed by atoms with Gasteiger partial charge in [-0.1, -0.05) is 141 Å². The number of benzene rings is 8. The normalized spacial score (nSPS) is 11.9. The number of fused-ring (bicyclic) bond motifs is 9. The van der Waals surface area contributed by atoms with Crippen LogP contribution < -0.4 is 0 Å². The molecule has 12 aromatic rings. The molecule has 322 valence electrons. The van der Waals surface area contributed by atoms with Crippen LogP contribution in [0.3, 0.4) is 0 Å². The molecule has 1 aliphatic carbocycles. The molecule has 67 heavy (non-hydrogen) atoms. The van der Waals surface area contributed by atoms with E-state index in [4.69, 9.17) is 4.42 Å². The number of hydrogen-bond donors (Lipinski definition) is 0. The van der Waals surface area contributed by atoms with Crippen molar-refractivity contribution in [2.24, 2.45) is 0 Å². The largest absolute Gasteiger partial charge is 0.456 e. The lowest BCUT2D eigenvalue weighted by Gasteiger charge is -2.11. The molecule has 8 aromatic carbocycles. The molecule has 0 bridgehead atoms. The van der Waals surface area contributed by atoms with Gasteiger partial charge in [-0.3, -0.25) is 4.98 Å². The Labute approximate surface area is 391 Å². The van der Waals surface area contributed by atoms with E-state index in [1.165, 1.54) is 77.0 Å². The van der Waals surface area contributed by atoms with Crippen molar-refractivity contribution in [3.05, 3.63) is 236 Å². The molecule has 0 saturated heterocycles. The van der Waals surface area contributed by atoms with Gasteiger partial charge in [0.15, 0.2) is 0 Å². The van der Waals surface area contributed by atoms with Crippen molar-refractivity contribution in [3.63, 3.8) is 0 Å². The Hall–Kier alpha value is -8.47. The van der Waals surface area contributed by atoms with Crippen LogP contribution in [0.1, 0.15) is 37.3 Å². The molecule has 0 atom stereocenters. The summed E-state index contributed by atoms with van der Waals surface area (Å²) in [7, 11) is 0. The number of aromatic nitrogens is 3. The zero-order valence-electron chi connectivity index (χ0n) is 37.9. The third-order valence-electron chi connectivity index (χ3n) is 12.7. The molecule has 0 unspecified atom stereocenters. The molecule has 13 rings (SSSR count). The summed E-state index contributed by atoms with van der Waals surface area (Å²) in [4.78, 5) is 3.98. The van der Waals surface area contributed by atoms with Gasteiger partial charge in [0.2, 0.25) is 0 Å². The summed E-state index contributed by atoms with van der Waals surface area (Å²) in [6, 6.07) is 72.3. The van der Waals surface area contributed by atoms with E-state index in [-0.39, 0.29) is 0 Å². The average molecular weight is 864 g/mol. The highest BCUT2D eigenvalue weighted by atomic mass is 16.3. The van der Waals surface area contributed by atoms with Crippen LogP contribution in [0.4, 0.5) is 0 Å². The highest BCUT2D eigenvalue weighted by Gasteiger charge is 2.18. The van der Waals surface area contributed by atoms with Crippen LogP contribution in [0.25, 0.3) is 111 Å². The van der Waals surface area contributed by atoms with Crippen LogP contribution >= 0.6 is 0 Å². The van der Waals surface area contributed by atoms with Gasteiger partial charge in [0.05, 0.1) is 22.1 Å². The molecule has 0 spiro atoms. The Kier molecular flexibility index (Phi) is 11.0. The molecule has 4 heteroatoms. The Bertz CT molecular complexity index is 3790. The first-order valence-electron chi connectivity index (χ1n) is 23.3. The summed E-state index contributed by atoms with van der Waals surface area (Å²) in [5.41, 5.74) is 17.4. The minimum atomic E-state index is 0.917. The van der Waals surface area contributed by atoms with Crippen molar-refractivity contribution >= 4 is 66.7 Å². The van der Waals surface area contributed by atoms with E-state index in [9.17, 15) is 0 Å². The van der Waals surface area contributed by atoms with Gasteiger partial charge < -0.3 is 13.6 Å². The summed E-state index contributed by atoms with van der Waals surface area (Å²) >= 11 is 0. The second kappa shape index (κ2) is 17.8. The van der Waals surface area contributed by atoms with Gasteiger partial charge in [0.25, 0.3) is 0 Å². The number of aryl methyl sites for hydroxylation is 1. The first-order valence-corrected chi connectivity index (χ1v) is 23.3. The predicted octanol–water partition coefficient (Wildman–Crippen LogP) is 17.5. The maximum atomic E-state index is 6.22. The minimum Gasteiger partial charge on any atom is -0.456 e. The number of pyridine rings is 1. The second-order valence-corrected chi connectivity index (χ2v) is 16.7. The Morgan fingerprint density at radius 2 is 0.910 bits per heavy atom. The fraction of sp³-hybridized carbons (Fsp3) is 0.0635. The maximum Gasteiger partial charge on any atom is 0.135 e. The first-order chi connectivity index (χ1) is 33.1. The fourth-order valence-corrected chi connectivity index (χ4v) is 9.62. The van der Waals surface area contributed by atoms with E-state index in [1.807, 2.05) is 39.0 Å². The quantitative estimate of drug-likeness (QED) is 0.173. The predicted molar refractivity (Wildman–Crippen MR) is 284 cm³/mol. The van der Waals surface area contributed by atoms with Gasteiger partial charge in [-0.05, 0) is 144 Å². The molecule has 4 nitrogen and oxygen atoms in total. The van der Waals surface area contributed by atoms with Crippen LogP contribution in [-0.2, 0) is 0 Å². The summed E-state index contributed by atoms with van der Waals surface area (Å²) in [5.74, 6) is 0.928. The Morgan fingerprint density at radius 1 is 0.403 bits per heavy atom. The SMILES string of the molecule is C1=Cc2oc3ccc(-c4ccc5c(c4)c4ccccc4n5-c4cccc(-c5ccc6c(c5)c5cc(-c7ccccc7)ccc5n6-c5ccccc5)c4)cc3c2C=CC1.CC.Cc1ccccn1.